The maximum atomic E-state index is 14.0. The third-order valence-electron chi connectivity index (χ3n) is 3.98. The molecule has 1 aromatic carbocycles. The summed E-state index contributed by atoms with van der Waals surface area (Å²) >= 11 is 0. The summed E-state index contributed by atoms with van der Waals surface area (Å²) in [5.41, 5.74) is -7.91. The van der Waals surface area contributed by atoms with Gasteiger partial charge in [0, 0.05) is 16.7 Å². The van der Waals surface area contributed by atoms with Gasteiger partial charge < -0.3 is 0 Å². The molecule has 1 unspecified atom stereocenters. The van der Waals surface area contributed by atoms with Gasteiger partial charge >= 0.3 is 36.0 Å². The van der Waals surface area contributed by atoms with E-state index in [0.717, 1.165) is 6.92 Å². The van der Waals surface area contributed by atoms with Crippen molar-refractivity contribution in [1.29, 1.82) is 0 Å². The van der Waals surface area contributed by atoms with Gasteiger partial charge in [0.05, 0.1) is 0 Å². The fourth-order valence-electron chi connectivity index (χ4n) is 2.36. The average molecular weight is 471 g/mol. The predicted octanol–water partition coefficient (Wildman–Crippen LogP) is 7.15. The minimum absolute atomic E-state index is 0.169. The molecule has 0 N–H and O–H groups in total. The van der Waals surface area contributed by atoms with Gasteiger partial charge in [-0.15, -0.1) is 0 Å². The first-order valence-electron chi connectivity index (χ1n) is 7.53. The highest BCUT2D eigenvalue weighted by molar-refractivity contribution is 5.44. The highest BCUT2D eigenvalue weighted by Gasteiger charge is 2.76. The Balaban J connectivity index is 3.99. The molecule has 0 saturated carbocycles. The predicted molar refractivity (Wildman–Crippen MR) is 70.0 cm³/mol. The average Bonchev–Trinajstić information content (AvgIpc) is 2.57. The second-order valence-corrected chi connectivity index (χ2v) is 5.96. The smallest absolute Gasteiger partial charge is 0.228 e. The van der Waals surface area contributed by atoms with Gasteiger partial charge in [0.25, 0.3) is 0 Å². The van der Waals surface area contributed by atoms with Gasteiger partial charge in [-0.05, 0) is 6.42 Å². The molecule has 15 heteroatoms. The van der Waals surface area contributed by atoms with Gasteiger partial charge in [0.1, 0.15) is 6.10 Å². The summed E-state index contributed by atoms with van der Waals surface area (Å²) < 4.78 is 184. The molecule has 0 amide bonds. The number of hydrogen-bond acceptors (Lipinski definition) is 0. The quantitative estimate of drug-likeness (QED) is 0.393. The van der Waals surface area contributed by atoms with E-state index in [1.807, 2.05) is 0 Å². The van der Waals surface area contributed by atoms with E-state index in [9.17, 15) is 66.6 Å². The zero-order chi connectivity index (χ0) is 24.1. The summed E-state index contributed by atoms with van der Waals surface area (Å²) in [6, 6.07) is -0.890. The molecule has 0 aliphatic rings. The monoisotopic (exact) mass is 471 g/mol. The van der Waals surface area contributed by atoms with Crippen LogP contribution in [0.15, 0.2) is 18.2 Å². The molecule has 0 aromatic heterocycles. The lowest BCUT2D eigenvalue weighted by Crippen LogP contribution is -2.52. The minimum Gasteiger partial charge on any atom is -0.228 e. The van der Waals surface area contributed by atoms with Crippen LogP contribution in [-0.4, -0.2) is 24.2 Å². The Morgan fingerprint density at radius 3 is 1.20 bits per heavy atom. The van der Waals surface area contributed by atoms with Gasteiger partial charge in [-0.1, -0.05) is 25.1 Å². The van der Waals surface area contributed by atoms with Crippen LogP contribution < -0.4 is 0 Å². The van der Waals surface area contributed by atoms with Crippen molar-refractivity contribution in [3.8, 4) is 0 Å². The molecule has 0 spiro atoms. The van der Waals surface area contributed by atoms with Crippen LogP contribution in [0.5, 0.6) is 0 Å². The summed E-state index contributed by atoms with van der Waals surface area (Å²) in [6.45, 7) is 0.721. The lowest BCUT2D eigenvalue weighted by atomic mass is 9.85. The molecule has 1 nitrogen and oxygen atoms in total. The molecule has 1 atom stereocenters. The van der Waals surface area contributed by atoms with Crippen LogP contribution in [0, 0.1) is 0 Å². The molecule has 1 rings (SSSR count). The van der Waals surface area contributed by atoms with Crippen LogP contribution in [0.1, 0.15) is 36.1 Å². The zero-order valence-corrected chi connectivity index (χ0v) is 14.2. The molecular formula is C15H9F14O. The summed E-state index contributed by atoms with van der Waals surface area (Å²) in [5.74, 6) is -26.9. The number of alkyl halides is 14. The summed E-state index contributed by atoms with van der Waals surface area (Å²) in [6.07, 6.45) is -18.2. The first-order chi connectivity index (χ1) is 13.1. The Kier molecular flexibility index (Phi) is 6.48. The van der Waals surface area contributed by atoms with Crippen molar-refractivity contribution in [3.63, 3.8) is 0 Å². The lowest BCUT2D eigenvalue weighted by molar-refractivity contribution is -0.361. The second-order valence-electron chi connectivity index (χ2n) is 5.96. The molecule has 0 fully saturated rings. The Hall–Kier alpha value is -1.80. The van der Waals surface area contributed by atoms with Crippen LogP contribution in [0.4, 0.5) is 61.5 Å². The number of rotatable bonds is 6. The maximum absolute atomic E-state index is 14.0. The molecule has 0 heterocycles. The van der Waals surface area contributed by atoms with Crippen molar-refractivity contribution in [1.82, 2.24) is 0 Å². The van der Waals surface area contributed by atoms with Crippen molar-refractivity contribution in [2.24, 2.45) is 0 Å². The fourth-order valence-corrected chi connectivity index (χ4v) is 2.36. The van der Waals surface area contributed by atoms with E-state index in [2.05, 4.69) is 0 Å². The molecule has 1 aromatic rings. The van der Waals surface area contributed by atoms with E-state index in [4.69, 9.17) is 0 Å². The molecule has 0 aliphatic heterocycles. The lowest BCUT2D eigenvalue weighted by Gasteiger charge is -2.34. The summed E-state index contributed by atoms with van der Waals surface area (Å²) in [7, 11) is 0. The molecule has 1 radical (unpaired) electrons. The number of hydrogen-bond donors (Lipinski definition) is 0. The van der Waals surface area contributed by atoms with Crippen molar-refractivity contribution in [2.45, 2.75) is 55.5 Å². The van der Waals surface area contributed by atoms with E-state index < -0.39 is 65.3 Å². The Labute approximate surface area is 158 Å². The highest BCUT2D eigenvalue weighted by Crippen LogP contribution is 2.57. The SMILES string of the molecule is CCC([O])c1c(C(F)(F)C(F)(F)C(F)(F)F)cccc1C(F)(F)C(F)(F)C(F)(F)F. The van der Waals surface area contributed by atoms with E-state index in [-0.39, 0.29) is 18.2 Å². The summed E-state index contributed by atoms with van der Waals surface area (Å²) in [4.78, 5) is 0. The largest absolute Gasteiger partial charge is 0.460 e. The Morgan fingerprint density at radius 1 is 0.667 bits per heavy atom. The highest BCUT2D eigenvalue weighted by atomic mass is 19.4. The first kappa shape index (κ1) is 26.2. The van der Waals surface area contributed by atoms with Gasteiger partial charge in [-0.3, -0.25) is 0 Å². The van der Waals surface area contributed by atoms with E-state index >= 15 is 0 Å². The van der Waals surface area contributed by atoms with Crippen LogP contribution in [0.2, 0.25) is 0 Å². The molecule has 0 bridgehead atoms. The Morgan fingerprint density at radius 2 is 0.967 bits per heavy atom. The van der Waals surface area contributed by atoms with Gasteiger partial charge in [0.15, 0.2) is 0 Å². The summed E-state index contributed by atoms with van der Waals surface area (Å²) in [5, 5.41) is 11.9. The topological polar surface area (TPSA) is 19.9 Å². The number of benzene rings is 1. The standard InChI is InChI=1S/C15H9F14O/c1-2-8(30)9-6(10(16,17)12(20,21)14(24,25)26)4-3-5-7(9)11(18,19)13(22,23)15(27,28)29/h3-5,8H,2H2,1H3. The number of halogens is 14. The molecular weight excluding hydrogens is 462 g/mol. The third kappa shape index (κ3) is 3.80. The van der Waals surface area contributed by atoms with Gasteiger partial charge in [-0.2, -0.15) is 61.5 Å². The van der Waals surface area contributed by atoms with E-state index in [0.29, 0.717) is 0 Å². The minimum atomic E-state index is -6.99. The van der Waals surface area contributed by atoms with Gasteiger partial charge in [-0.25, -0.2) is 5.11 Å². The molecule has 0 saturated heterocycles. The van der Waals surface area contributed by atoms with Crippen molar-refractivity contribution in [3.05, 3.63) is 34.9 Å². The van der Waals surface area contributed by atoms with E-state index in [1.165, 1.54) is 0 Å². The zero-order valence-electron chi connectivity index (χ0n) is 14.2. The van der Waals surface area contributed by atoms with E-state index in [1.54, 1.807) is 0 Å². The molecule has 0 aliphatic carbocycles. The van der Waals surface area contributed by atoms with Crippen molar-refractivity contribution < 1.29 is 66.6 Å². The first-order valence-corrected chi connectivity index (χ1v) is 7.53. The van der Waals surface area contributed by atoms with Crippen LogP contribution in [0.25, 0.3) is 0 Å². The van der Waals surface area contributed by atoms with Crippen molar-refractivity contribution in [2.75, 3.05) is 0 Å². The molecule has 173 valence electrons. The van der Waals surface area contributed by atoms with Crippen LogP contribution in [0.3, 0.4) is 0 Å². The van der Waals surface area contributed by atoms with Crippen LogP contribution in [-0.2, 0) is 17.0 Å². The normalized spacial score (nSPS) is 16.0. The van der Waals surface area contributed by atoms with Crippen molar-refractivity contribution >= 4 is 0 Å². The second kappa shape index (κ2) is 7.41. The fraction of sp³-hybridized carbons (Fsp3) is 0.600. The molecule has 30 heavy (non-hydrogen) atoms. The maximum Gasteiger partial charge on any atom is 0.460 e. The third-order valence-corrected chi connectivity index (χ3v) is 3.98. The van der Waals surface area contributed by atoms with Gasteiger partial charge in [0.2, 0.25) is 0 Å². The van der Waals surface area contributed by atoms with Crippen LogP contribution >= 0.6 is 0 Å². The Bertz CT molecular complexity index is 705.